The average Bonchev–Trinajstić information content (AvgIpc) is 2.47. The highest BCUT2D eigenvalue weighted by atomic mass is 16.5. The standard InChI is InChI=1S/C16H24N2O2/c1-4-16(2)11-14(8-9-20-16)18-13-7-5-6-12(10-13)15(19)17-3/h5-7,10,14,18H,4,8-9,11H2,1-3H3,(H,17,19). The molecular weight excluding hydrogens is 252 g/mol. The molecule has 110 valence electrons. The van der Waals surface area contributed by atoms with E-state index < -0.39 is 0 Å². The van der Waals surface area contributed by atoms with Crippen molar-refractivity contribution in [3.05, 3.63) is 29.8 Å². The molecule has 1 aromatic carbocycles. The van der Waals surface area contributed by atoms with Crippen LogP contribution in [0.2, 0.25) is 0 Å². The molecule has 0 bridgehead atoms. The molecule has 0 saturated carbocycles. The molecule has 0 aliphatic carbocycles. The maximum absolute atomic E-state index is 11.6. The van der Waals surface area contributed by atoms with Crippen LogP contribution in [0.1, 0.15) is 43.5 Å². The van der Waals surface area contributed by atoms with Crippen molar-refractivity contribution in [2.45, 2.75) is 44.8 Å². The van der Waals surface area contributed by atoms with Crippen LogP contribution >= 0.6 is 0 Å². The first-order valence-electron chi connectivity index (χ1n) is 7.29. The van der Waals surface area contributed by atoms with E-state index in [1.807, 2.05) is 24.3 Å². The maximum atomic E-state index is 11.6. The first kappa shape index (κ1) is 14.9. The lowest BCUT2D eigenvalue weighted by atomic mass is 9.90. The van der Waals surface area contributed by atoms with Crippen molar-refractivity contribution in [3.8, 4) is 0 Å². The molecule has 1 fully saturated rings. The summed E-state index contributed by atoms with van der Waals surface area (Å²) in [5, 5.41) is 6.18. The predicted octanol–water partition coefficient (Wildman–Crippen LogP) is 2.81. The molecule has 1 saturated heterocycles. The van der Waals surface area contributed by atoms with Crippen LogP contribution in [-0.4, -0.2) is 31.2 Å². The third-order valence-electron chi connectivity index (χ3n) is 4.07. The Balaban J connectivity index is 2.04. The number of rotatable bonds is 4. The van der Waals surface area contributed by atoms with Gasteiger partial charge in [-0.05, 0) is 44.4 Å². The Bertz CT molecular complexity index is 475. The Morgan fingerprint density at radius 1 is 1.50 bits per heavy atom. The van der Waals surface area contributed by atoms with Crippen LogP contribution in [0.3, 0.4) is 0 Å². The summed E-state index contributed by atoms with van der Waals surface area (Å²) in [6.07, 6.45) is 3.01. The lowest BCUT2D eigenvalue weighted by molar-refractivity contribution is -0.0708. The van der Waals surface area contributed by atoms with E-state index in [4.69, 9.17) is 4.74 Å². The number of anilines is 1. The van der Waals surface area contributed by atoms with Crippen LogP contribution in [0.4, 0.5) is 5.69 Å². The van der Waals surface area contributed by atoms with Gasteiger partial charge < -0.3 is 15.4 Å². The SMILES string of the molecule is CCC1(C)CC(Nc2cccc(C(=O)NC)c2)CCO1. The smallest absolute Gasteiger partial charge is 0.251 e. The number of carbonyl (C=O) groups is 1. The summed E-state index contributed by atoms with van der Waals surface area (Å²) in [5.74, 6) is -0.0565. The van der Waals surface area contributed by atoms with E-state index in [2.05, 4.69) is 24.5 Å². The summed E-state index contributed by atoms with van der Waals surface area (Å²) in [6, 6.07) is 8.03. The number of hydrogen-bond acceptors (Lipinski definition) is 3. The quantitative estimate of drug-likeness (QED) is 0.889. The molecule has 0 radical (unpaired) electrons. The topological polar surface area (TPSA) is 50.4 Å². The zero-order valence-corrected chi connectivity index (χ0v) is 12.5. The van der Waals surface area contributed by atoms with Crippen molar-refractivity contribution in [2.75, 3.05) is 19.0 Å². The number of hydrogen-bond donors (Lipinski definition) is 2. The Morgan fingerprint density at radius 2 is 2.30 bits per heavy atom. The Hall–Kier alpha value is -1.55. The normalized spacial score (nSPS) is 26.1. The van der Waals surface area contributed by atoms with Gasteiger partial charge in [-0.1, -0.05) is 13.0 Å². The molecule has 4 nitrogen and oxygen atoms in total. The number of ether oxygens (including phenoxy) is 1. The van der Waals surface area contributed by atoms with Gasteiger partial charge in [-0.2, -0.15) is 0 Å². The molecule has 1 aromatic rings. The van der Waals surface area contributed by atoms with E-state index in [9.17, 15) is 4.79 Å². The van der Waals surface area contributed by atoms with Gasteiger partial charge in [0.05, 0.1) is 5.60 Å². The fourth-order valence-corrected chi connectivity index (χ4v) is 2.63. The van der Waals surface area contributed by atoms with E-state index in [0.29, 0.717) is 11.6 Å². The number of nitrogens with one attached hydrogen (secondary N) is 2. The van der Waals surface area contributed by atoms with Crippen molar-refractivity contribution in [1.82, 2.24) is 5.32 Å². The second-order valence-corrected chi connectivity index (χ2v) is 5.65. The lowest BCUT2D eigenvalue weighted by Gasteiger charge is -2.38. The highest BCUT2D eigenvalue weighted by molar-refractivity contribution is 5.94. The average molecular weight is 276 g/mol. The van der Waals surface area contributed by atoms with Crippen LogP contribution in [0, 0.1) is 0 Å². The molecule has 2 unspecified atom stereocenters. The molecule has 1 heterocycles. The summed E-state index contributed by atoms with van der Waals surface area (Å²) < 4.78 is 5.86. The second-order valence-electron chi connectivity index (χ2n) is 5.65. The van der Waals surface area contributed by atoms with Crippen molar-refractivity contribution in [2.24, 2.45) is 0 Å². The van der Waals surface area contributed by atoms with Gasteiger partial charge in [0.25, 0.3) is 5.91 Å². The van der Waals surface area contributed by atoms with E-state index >= 15 is 0 Å². The fraction of sp³-hybridized carbons (Fsp3) is 0.562. The van der Waals surface area contributed by atoms with Crippen LogP contribution < -0.4 is 10.6 Å². The van der Waals surface area contributed by atoms with Crippen LogP contribution in [-0.2, 0) is 4.74 Å². The molecule has 4 heteroatoms. The minimum absolute atomic E-state index is 0.0334. The number of benzene rings is 1. The Labute approximate surface area is 120 Å². The van der Waals surface area contributed by atoms with Crippen molar-refractivity contribution in [3.63, 3.8) is 0 Å². The van der Waals surface area contributed by atoms with Gasteiger partial charge in [0, 0.05) is 30.9 Å². The first-order valence-corrected chi connectivity index (χ1v) is 7.29. The summed E-state index contributed by atoms with van der Waals surface area (Å²) in [4.78, 5) is 11.6. The van der Waals surface area contributed by atoms with Gasteiger partial charge in [-0.3, -0.25) is 4.79 Å². The first-order chi connectivity index (χ1) is 9.56. The van der Waals surface area contributed by atoms with Gasteiger partial charge in [0.2, 0.25) is 0 Å². The maximum Gasteiger partial charge on any atom is 0.251 e. The summed E-state index contributed by atoms with van der Waals surface area (Å²) in [5.41, 5.74) is 1.65. The third kappa shape index (κ3) is 3.51. The lowest BCUT2D eigenvalue weighted by Crippen LogP contribution is -2.41. The van der Waals surface area contributed by atoms with E-state index in [-0.39, 0.29) is 11.5 Å². The van der Waals surface area contributed by atoms with E-state index in [1.165, 1.54) is 0 Å². The monoisotopic (exact) mass is 276 g/mol. The van der Waals surface area contributed by atoms with Gasteiger partial charge in [-0.15, -0.1) is 0 Å². The molecule has 2 rings (SSSR count). The largest absolute Gasteiger partial charge is 0.382 e. The van der Waals surface area contributed by atoms with Crippen LogP contribution in [0.5, 0.6) is 0 Å². The van der Waals surface area contributed by atoms with E-state index in [1.54, 1.807) is 7.05 Å². The minimum Gasteiger partial charge on any atom is -0.382 e. The number of carbonyl (C=O) groups excluding carboxylic acids is 1. The van der Waals surface area contributed by atoms with Crippen LogP contribution in [0.25, 0.3) is 0 Å². The van der Waals surface area contributed by atoms with Crippen molar-refractivity contribution in [1.29, 1.82) is 0 Å². The van der Waals surface area contributed by atoms with Crippen molar-refractivity contribution < 1.29 is 9.53 Å². The van der Waals surface area contributed by atoms with Crippen molar-refractivity contribution >= 4 is 11.6 Å². The third-order valence-corrected chi connectivity index (χ3v) is 4.07. The molecule has 0 aromatic heterocycles. The molecule has 2 atom stereocenters. The molecule has 2 N–H and O–H groups in total. The zero-order chi connectivity index (χ0) is 14.6. The Morgan fingerprint density at radius 3 is 3.00 bits per heavy atom. The molecule has 1 aliphatic heterocycles. The molecule has 0 spiro atoms. The minimum atomic E-state index is -0.0565. The summed E-state index contributed by atoms with van der Waals surface area (Å²) in [7, 11) is 1.65. The molecular formula is C16H24N2O2. The number of amides is 1. The second kappa shape index (κ2) is 6.27. The van der Waals surface area contributed by atoms with Gasteiger partial charge in [0.1, 0.15) is 0 Å². The van der Waals surface area contributed by atoms with Gasteiger partial charge >= 0.3 is 0 Å². The van der Waals surface area contributed by atoms with Gasteiger partial charge in [0.15, 0.2) is 0 Å². The molecule has 1 aliphatic rings. The summed E-state index contributed by atoms with van der Waals surface area (Å²) >= 11 is 0. The Kier molecular flexibility index (Phi) is 4.65. The molecule has 1 amide bonds. The van der Waals surface area contributed by atoms with E-state index in [0.717, 1.165) is 31.6 Å². The highest BCUT2D eigenvalue weighted by Gasteiger charge is 2.31. The summed E-state index contributed by atoms with van der Waals surface area (Å²) in [6.45, 7) is 5.12. The fourth-order valence-electron chi connectivity index (χ4n) is 2.63. The van der Waals surface area contributed by atoms with Gasteiger partial charge in [-0.25, -0.2) is 0 Å². The highest BCUT2D eigenvalue weighted by Crippen LogP contribution is 2.29. The molecule has 20 heavy (non-hydrogen) atoms. The zero-order valence-electron chi connectivity index (χ0n) is 12.5. The van der Waals surface area contributed by atoms with Crippen LogP contribution in [0.15, 0.2) is 24.3 Å². The predicted molar refractivity (Wildman–Crippen MR) is 81.1 cm³/mol.